The van der Waals surface area contributed by atoms with E-state index in [1.54, 1.807) is 4.68 Å². The minimum atomic E-state index is 0.496. The molecule has 2 aromatic heterocycles. The van der Waals surface area contributed by atoms with Crippen molar-refractivity contribution in [2.75, 3.05) is 13.1 Å². The third-order valence-electron chi connectivity index (χ3n) is 3.31. The highest BCUT2D eigenvalue weighted by Gasteiger charge is 2.23. The first kappa shape index (κ1) is 10.6. The van der Waals surface area contributed by atoms with Gasteiger partial charge in [0.1, 0.15) is 11.3 Å². The maximum atomic E-state index is 4.58. The number of hydrogen-bond donors (Lipinski definition) is 1. The standard InChI is InChI=1S/C11H16N6/c1-7-13-10-9(8-3-5-12-6-4-8)16-17(2)11(10)15-14-7/h8,12H,3-6H2,1-2H3. The molecule has 1 aliphatic heterocycles. The minimum absolute atomic E-state index is 0.496. The summed E-state index contributed by atoms with van der Waals surface area (Å²) in [5.74, 6) is 1.21. The van der Waals surface area contributed by atoms with E-state index >= 15 is 0 Å². The van der Waals surface area contributed by atoms with Crippen LogP contribution in [0.3, 0.4) is 0 Å². The fourth-order valence-electron chi connectivity index (χ4n) is 2.42. The quantitative estimate of drug-likeness (QED) is 0.777. The lowest BCUT2D eigenvalue weighted by Crippen LogP contribution is -2.27. The first-order valence-electron chi connectivity index (χ1n) is 6.00. The highest BCUT2D eigenvalue weighted by atomic mass is 15.3. The van der Waals surface area contributed by atoms with E-state index in [9.17, 15) is 0 Å². The predicted octanol–water partition coefficient (Wildman–Crippen LogP) is 0.534. The van der Waals surface area contributed by atoms with Crippen LogP contribution in [0.1, 0.15) is 30.3 Å². The number of fused-ring (bicyclic) bond motifs is 1. The zero-order valence-electron chi connectivity index (χ0n) is 10.1. The molecular formula is C11H16N6. The first-order valence-corrected chi connectivity index (χ1v) is 6.00. The molecule has 6 heteroatoms. The van der Waals surface area contributed by atoms with Crippen molar-refractivity contribution in [2.24, 2.45) is 7.05 Å². The minimum Gasteiger partial charge on any atom is -0.317 e. The summed E-state index contributed by atoms with van der Waals surface area (Å²) in [5.41, 5.74) is 2.79. The molecule has 1 aliphatic rings. The largest absolute Gasteiger partial charge is 0.317 e. The Bertz CT molecular complexity index is 540. The Labute approximate surface area is 99.4 Å². The van der Waals surface area contributed by atoms with Crippen LogP contribution < -0.4 is 5.32 Å². The van der Waals surface area contributed by atoms with Gasteiger partial charge in [0.2, 0.25) is 0 Å². The van der Waals surface area contributed by atoms with Gasteiger partial charge < -0.3 is 5.32 Å². The molecule has 6 nitrogen and oxygen atoms in total. The van der Waals surface area contributed by atoms with Crippen molar-refractivity contribution < 1.29 is 0 Å². The third kappa shape index (κ3) is 1.78. The summed E-state index contributed by atoms with van der Waals surface area (Å²) in [6, 6.07) is 0. The zero-order valence-corrected chi connectivity index (χ0v) is 10.1. The second kappa shape index (κ2) is 4.03. The van der Waals surface area contributed by atoms with Gasteiger partial charge in [-0.05, 0) is 32.9 Å². The summed E-state index contributed by atoms with van der Waals surface area (Å²) in [6.45, 7) is 3.98. The van der Waals surface area contributed by atoms with Gasteiger partial charge in [0, 0.05) is 13.0 Å². The van der Waals surface area contributed by atoms with Crippen LogP contribution in [0.5, 0.6) is 0 Å². The van der Waals surface area contributed by atoms with Crippen LogP contribution in [0, 0.1) is 6.92 Å². The van der Waals surface area contributed by atoms with Gasteiger partial charge in [0.05, 0.1) is 5.69 Å². The van der Waals surface area contributed by atoms with E-state index < -0.39 is 0 Å². The van der Waals surface area contributed by atoms with Crippen molar-refractivity contribution in [3.63, 3.8) is 0 Å². The fraction of sp³-hybridized carbons (Fsp3) is 0.636. The maximum Gasteiger partial charge on any atom is 0.199 e. The molecular weight excluding hydrogens is 216 g/mol. The fourth-order valence-corrected chi connectivity index (χ4v) is 2.42. The summed E-state index contributed by atoms with van der Waals surface area (Å²) in [7, 11) is 1.90. The SMILES string of the molecule is Cc1nnc2c(n1)c(C1CCNCC1)nn2C. The zero-order chi connectivity index (χ0) is 11.8. The topological polar surface area (TPSA) is 68.5 Å². The van der Waals surface area contributed by atoms with Crippen LogP contribution >= 0.6 is 0 Å². The molecule has 0 radical (unpaired) electrons. The van der Waals surface area contributed by atoms with E-state index in [0.717, 1.165) is 42.8 Å². The van der Waals surface area contributed by atoms with Crippen molar-refractivity contribution >= 4 is 11.2 Å². The monoisotopic (exact) mass is 232 g/mol. The van der Waals surface area contributed by atoms with Gasteiger partial charge in [-0.3, -0.25) is 0 Å². The molecule has 1 N–H and O–H groups in total. The summed E-state index contributed by atoms with van der Waals surface area (Å²) >= 11 is 0. The Hall–Kier alpha value is -1.56. The van der Waals surface area contributed by atoms with Crippen molar-refractivity contribution in [2.45, 2.75) is 25.7 Å². The lowest BCUT2D eigenvalue weighted by atomic mass is 9.94. The van der Waals surface area contributed by atoms with Crippen LogP contribution in [0.25, 0.3) is 11.2 Å². The summed E-state index contributed by atoms with van der Waals surface area (Å²) in [4.78, 5) is 4.49. The van der Waals surface area contributed by atoms with E-state index in [1.165, 1.54) is 0 Å². The van der Waals surface area contributed by atoms with Crippen LogP contribution in [0.15, 0.2) is 0 Å². The molecule has 1 fully saturated rings. The molecule has 0 atom stereocenters. The average molecular weight is 232 g/mol. The predicted molar refractivity (Wildman–Crippen MR) is 63.7 cm³/mol. The smallest absolute Gasteiger partial charge is 0.199 e. The van der Waals surface area contributed by atoms with Crippen molar-refractivity contribution in [3.8, 4) is 0 Å². The molecule has 2 aromatic rings. The molecule has 1 saturated heterocycles. The number of nitrogens with zero attached hydrogens (tertiary/aromatic N) is 5. The van der Waals surface area contributed by atoms with Crippen LogP contribution in [-0.2, 0) is 7.05 Å². The number of rotatable bonds is 1. The Balaban J connectivity index is 2.11. The normalized spacial score (nSPS) is 17.8. The van der Waals surface area contributed by atoms with Crippen molar-refractivity contribution in [1.29, 1.82) is 0 Å². The molecule has 17 heavy (non-hydrogen) atoms. The molecule has 90 valence electrons. The van der Waals surface area contributed by atoms with Crippen molar-refractivity contribution in [3.05, 3.63) is 11.5 Å². The van der Waals surface area contributed by atoms with Crippen LogP contribution in [-0.4, -0.2) is 38.1 Å². The molecule has 0 spiro atoms. The Morgan fingerprint density at radius 1 is 1.24 bits per heavy atom. The van der Waals surface area contributed by atoms with Gasteiger partial charge in [0.25, 0.3) is 0 Å². The van der Waals surface area contributed by atoms with Gasteiger partial charge in [-0.2, -0.15) is 5.10 Å². The number of hydrogen-bond acceptors (Lipinski definition) is 5. The van der Waals surface area contributed by atoms with E-state index in [1.807, 2.05) is 14.0 Å². The van der Waals surface area contributed by atoms with E-state index in [2.05, 4.69) is 25.6 Å². The Morgan fingerprint density at radius 2 is 2.00 bits per heavy atom. The lowest BCUT2D eigenvalue weighted by Gasteiger charge is -2.20. The van der Waals surface area contributed by atoms with Gasteiger partial charge in [-0.25, -0.2) is 9.67 Å². The first-order chi connectivity index (χ1) is 8.25. The summed E-state index contributed by atoms with van der Waals surface area (Å²) < 4.78 is 1.78. The highest BCUT2D eigenvalue weighted by molar-refractivity contribution is 5.73. The van der Waals surface area contributed by atoms with Crippen LogP contribution in [0.2, 0.25) is 0 Å². The summed E-state index contributed by atoms with van der Waals surface area (Å²) in [5, 5.41) is 16.1. The van der Waals surface area contributed by atoms with E-state index in [0.29, 0.717) is 11.7 Å². The molecule has 3 rings (SSSR count). The lowest BCUT2D eigenvalue weighted by molar-refractivity contribution is 0.451. The maximum absolute atomic E-state index is 4.58. The van der Waals surface area contributed by atoms with E-state index in [4.69, 9.17) is 0 Å². The third-order valence-corrected chi connectivity index (χ3v) is 3.31. The average Bonchev–Trinajstić information content (AvgIpc) is 2.67. The van der Waals surface area contributed by atoms with Crippen LogP contribution in [0.4, 0.5) is 0 Å². The summed E-state index contributed by atoms with van der Waals surface area (Å²) in [6.07, 6.45) is 2.24. The van der Waals surface area contributed by atoms with Crippen molar-refractivity contribution in [1.82, 2.24) is 30.3 Å². The molecule has 0 aliphatic carbocycles. The van der Waals surface area contributed by atoms with Gasteiger partial charge >= 0.3 is 0 Å². The van der Waals surface area contributed by atoms with Gasteiger partial charge in [-0.1, -0.05) is 0 Å². The van der Waals surface area contributed by atoms with Gasteiger partial charge in [0.15, 0.2) is 5.65 Å². The second-order valence-electron chi connectivity index (χ2n) is 4.56. The highest BCUT2D eigenvalue weighted by Crippen LogP contribution is 2.28. The second-order valence-corrected chi connectivity index (χ2v) is 4.56. The number of aryl methyl sites for hydroxylation is 2. The van der Waals surface area contributed by atoms with Gasteiger partial charge in [-0.15, -0.1) is 10.2 Å². The molecule has 0 unspecified atom stereocenters. The Kier molecular flexibility index (Phi) is 2.51. The number of nitrogens with one attached hydrogen (secondary N) is 1. The Morgan fingerprint density at radius 3 is 2.76 bits per heavy atom. The number of aromatic nitrogens is 5. The molecule has 0 amide bonds. The number of piperidine rings is 1. The molecule has 0 saturated carbocycles. The molecule has 0 aromatic carbocycles. The van der Waals surface area contributed by atoms with E-state index in [-0.39, 0.29) is 0 Å². The molecule has 3 heterocycles. The molecule has 0 bridgehead atoms.